The van der Waals surface area contributed by atoms with E-state index in [1.54, 1.807) is 23.1 Å². The molecule has 3 aromatic rings. The van der Waals surface area contributed by atoms with Gasteiger partial charge in [-0.25, -0.2) is 0 Å². The molecule has 0 aliphatic carbocycles. The number of rotatable bonds is 3. The molecule has 108 valence electrons. The van der Waals surface area contributed by atoms with Gasteiger partial charge in [0.15, 0.2) is 0 Å². The van der Waals surface area contributed by atoms with Crippen LogP contribution in [0.15, 0.2) is 84.9 Å². The maximum Gasteiger partial charge on any atom is 0.266 e. The number of amides is 1. The fourth-order valence-corrected chi connectivity index (χ4v) is 2.31. The first kappa shape index (κ1) is 13.9. The van der Waals surface area contributed by atoms with Crippen LogP contribution < -0.4 is 4.90 Å². The number of hydrogen-bond donors (Lipinski definition) is 1. The summed E-state index contributed by atoms with van der Waals surface area (Å²) >= 11 is 0. The summed E-state index contributed by atoms with van der Waals surface area (Å²) in [5.74, 6) is -0.292. The molecule has 1 amide bonds. The molecule has 0 atom stereocenters. The van der Waals surface area contributed by atoms with Crippen LogP contribution in [0.5, 0.6) is 5.75 Å². The Kier molecular flexibility index (Phi) is 3.88. The maximum absolute atomic E-state index is 12.9. The van der Waals surface area contributed by atoms with E-state index in [2.05, 4.69) is 0 Å². The lowest BCUT2D eigenvalue weighted by molar-refractivity contribution is 0.0996. The molecule has 3 rings (SSSR count). The van der Waals surface area contributed by atoms with Gasteiger partial charge in [-0.1, -0.05) is 48.5 Å². The molecule has 0 saturated carbocycles. The Morgan fingerprint density at radius 1 is 0.682 bits per heavy atom. The van der Waals surface area contributed by atoms with Crippen LogP contribution >= 0.6 is 0 Å². The molecule has 0 spiro atoms. The molecular weight excluding hydrogens is 274 g/mol. The fraction of sp³-hybridized carbons (Fsp3) is 0. The molecule has 0 unspecified atom stereocenters. The first-order chi connectivity index (χ1) is 10.8. The Labute approximate surface area is 129 Å². The van der Waals surface area contributed by atoms with Gasteiger partial charge in [-0.15, -0.1) is 0 Å². The molecule has 3 nitrogen and oxygen atoms in total. The second-order valence-electron chi connectivity index (χ2n) is 4.83. The number of nitrogens with zero attached hydrogens (tertiary/aromatic N) is 1. The molecule has 0 bridgehead atoms. The Hall–Kier alpha value is -3.07. The van der Waals surface area contributed by atoms with Crippen LogP contribution in [-0.2, 0) is 0 Å². The molecule has 0 saturated heterocycles. The van der Waals surface area contributed by atoms with Gasteiger partial charge < -0.3 is 5.11 Å². The van der Waals surface area contributed by atoms with Crippen molar-refractivity contribution < 1.29 is 9.90 Å². The summed E-state index contributed by atoms with van der Waals surface area (Å²) in [6.07, 6.45) is 0. The van der Waals surface area contributed by atoms with Crippen LogP contribution in [0.25, 0.3) is 0 Å². The summed E-state index contributed by atoms with van der Waals surface area (Å²) in [4.78, 5) is 14.5. The lowest BCUT2D eigenvalue weighted by Gasteiger charge is -2.23. The molecule has 0 aromatic heterocycles. The minimum absolute atomic E-state index is 0.0237. The standard InChI is InChI=1S/C19H15NO2/c21-18-14-8-7-13-17(18)19(22)20(15-9-3-1-4-10-15)16-11-5-2-6-12-16/h1-14,21H. The van der Waals surface area contributed by atoms with Crippen molar-refractivity contribution in [3.8, 4) is 5.75 Å². The molecule has 22 heavy (non-hydrogen) atoms. The van der Waals surface area contributed by atoms with Crippen LogP contribution in [0.3, 0.4) is 0 Å². The van der Waals surface area contributed by atoms with Crippen LogP contribution in [-0.4, -0.2) is 11.0 Å². The minimum atomic E-state index is -0.268. The van der Waals surface area contributed by atoms with Gasteiger partial charge in [0.25, 0.3) is 5.91 Å². The van der Waals surface area contributed by atoms with Crippen LogP contribution in [0.2, 0.25) is 0 Å². The van der Waals surface area contributed by atoms with Gasteiger partial charge in [-0.05, 0) is 36.4 Å². The summed E-state index contributed by atoms with van der Waals surface area (Å²) in [5.41, 5.74) is 1.78. The van der Waals surface area contributed by atoms with Crippen molar-refractivity contribution in [1.29, 1.82) is 0 Å². The van der Waals surface area contributed by atoms with E-state index in [0.29, 0.717) is 0 Å². The van der Waals surface area contributed by atoms with E-state index in [9.17, 15) is 9.90 Å². The summed E-state index contributed by atoms with van der Waals surface area (Å²) in [7, 11) is 0. The first-order valence-corrected chi connectivity index (χ1v) is 7.00. The predicted octanol–water partition coefficient (Wildman–Crippen LogP) is 4.37. The highest BCUT2D eigenvalue weighted by atomic mass is 16.3. The number of para-hydroxylation sites is 3. The average molecular weight is 289 g/mol. The van der Waals surface area contributed by atoms with E-state index in [1.807, 2.05) is 60.7 Å². The highest BCUT2D eigenvalue weighted by Crippen LogP contribution is 2.29. The molecule has 0 aliphatic rings. The van der Waals surface area contributed by atoms with Crippen molar-refractivity contribution in [2.45, 2.75) is 0 Å². The highest BCUT2D eigenvalue weighted by Gasteiger charge is 2.21. The van der Waals surface area contributed by atoms with Crippen LogP contribution in [0, 0.1) is 0 Å². The lowest BCUT2D eigenvalue weighted by Crippen LogP contribution is -2.25. The zero-order valence-electron chi connectivity index (χ0n) is 11.9. The molecular formula is C19H15NO2. The quantitative estimate of drug-likeness (QED) is 0.777. The van der Waals surface area contributed by atoms with E-state index >= 15 is 0 Å². The molecule has 3 heteroatoms. The van der Waals surface area contributed by atoms with Crippen molar-refractivity contribution >= 4 is 17.3 Å². The third-order valence-electron chi connectivity index (χ3n) is 3.37. The second kappa shape index (κ2) is 6.14. The zero-order valence-corrected chi connectivity index (χ0v) is 11.9. The number of anilines is 2. The van der Waals surface area contributed by atoms with E-state index in [0.717, 1.165) is 11.4 Å². The smallest absolute Gasteiger partial charge is 0.266 e. The summed E-state index contributed by atoms with van der Waals surface area (Å²) in [5, 5.41) is 9.98. The van der Waals surface area contributed by atoms with Crippen molar-refractivity contribution in [2.75, 3.05) is 4.90 Å². The molecule has 1 N–H and O–H groups in total. The molecule has 0 radical (unpaired) electrons. The van der Waals surface area contributed by atoms with E-state index in [4.69, 9.17) is 0 Å². The number of phenols is 1. The van der Waals surface area contributed by atoms with Gasteiger partial charge in [0.05, 0.1) is 5.56 Å². The molecule has 0 fully saturated rings. The van der Waals surface area contributed by atoms with Gasteiger partial charge in [-0.3, -0.25) is 9.69 Å². The maximum atomic E-state index is 12.9. The number of phenolic OH excluding ortho intramolecular Hbond substituents is 1. The highest BCUT2D eigenvalue weighted by molar-refractivity contribution is 6.12. The monoisotopic (exact) mass is 289 g/mol. The van der Waals surface area contributed by atoms with Gasteiger partial charge >= 0.3 is 0 Å². The van der Waals surface area contributed by atoms with Crippen molar-refractivity contribution in [3.63, 3.8) is 0 Å². The van der Waals surface area contributed by atoms with Crippen molar-refractivity contribution in [3.05, 3.63) is 90.5 Å². The van der Waals surface area contributed by atoms with E-state index in [-0.39, 0.29) is 17.2 Å². The fourth-order valence-electron chi connectivity index (χ4n) is 2.31. The largest absolute Gasteiger partial charge is 0.507 e. The minimum Gasteiger partial charge on any atom is -0.507 e. The van der Waals surface area contributed by atoms with Crippen molar-refractivity contribution in [2.24, 2.45) is 0 Å². The number of carbonyl (C=O) groups excluding carboxylic acids is 1. The van der Waals surface area contributed by atoms with Gasteiger partial charge in [0.1, 0.15) is 5.75 Å². The van der Waals surface area contributed by atoms with Crippen LogP contribution in [0.4, 0.5) is 11.4 Å². The molecule has 0 heterocycles. The summed E-state index contributed by atoms with van der Waals surface area (Å²) < 4.78 is 0. The predicted molar refractivity (Wildman–Crippen MR) is 87.5 cm³/mol. The summed E-state index contributed by atoms with van der Waals surface area (Å²) in [6, 6.07) is 25.3. The number of hydrogen-bond acceptors (Lipinski definition) is 2. The molecule has 3 aromatic carbocycles. The lowest BCUT2D eigenvalue weighted by atomic mass is 10.1. The van der Waals surface area contributed by atoms with E-state index < -0.39 is 0 Å². The average Bonchev–Trinajstić information content (AvgIpc) is 2.57. The Balaban J connectivity index is 2.11. The number of carbonyl (C=O) groups is 1. The second-order valence-corrected chi connectivity index (χ2v) is 4.83. The van der Waals surface area contributed by atoms with Gasteiger partial charge in [-0.2, -0.15) is 0 Å². The Morgan fingerprint density at radius 3 is 1.64 bits per heavy atom. The van der Waals surface area contributed by atoms with Gasteiger partial charge in [0, 0.05) is 11.4 Å². The third-order valence-corrected chi connectivity index (χ3v) is 3.37. The summed E-state index contributed by atoms with van der Waals surface area (Å²) in [6.45, 7) is 0. The number of aromatic hydroxyl groups is 1. The van der Waals surface area contributed by atoms with E-state index in [1.165, 1.54) is 6.07 Å². The Morgan fingerprint density at radius 2 is 1.14 bits per heavy atom. The molecule has 0 aliphatic heterocycles. The Bertz CT molecular complexity index is 730. The SMILES string of the molecule is O=C(c1ccccc1O)N(c1ccccc1)c1ccccc1. The van der Waals surface area contributed by atoms with Crippen molar-refractivity contribution in [1.82, 2.24) is 0 Å². The number of benzene rings is 3. The normalized spacial score (nSPS) is 10.2. The first-order valence-electron chi connectivity index (χ1n) is 7.00. The van der Waals surface area contributed by atoms with Gasteiger partial charge in [0.2, 0.25) is 0 Å². The zero-order chi connectivity index (χ0) is 15.4. The third kappa shape index (κ3) is 2.69. The van der Waals surface area contributed by atoms with Crippen LogP contribution in [0.1, 0.15) is 10.4 Å². The topological polar surface area (TPSA) is 40.5 Å².